The van der Waals surface area contributed by atoms with E-state index in [9.17, 15) is 13.6 Å². The van der Waals surface area contributed by atoms with Gasteiger partial charge in [0.1, 0.15) is 11.8 Å². The first-order valence-electron chi connectivity index (χ1n) is 8.32. The third-order valence-electron chi connectivity index (χ3n) is 5.01. The number of rotatable bonds is 6. The minimum absolute atomic E-state index is 0.0606. The molecule has 0 radical (unpaired) electrons. The normalized spacial score (nSPS) is 33.4. The number of carbonyl (C=O) groups excluding carboxylic acids is 1. The average Bonchev–Trinajstić information content (AvgIpc) is 3.07. The minimum atomic E-state index is -1.61. The molecule has 1 aromatic heterocycles. The van der Waals surface area contributed by atoms with Crippen molar-refractivity contribution < 1.29 is 18.7 Å². The van der Waals surface area contributed by atoms with Gasteiger partial charge in [0.15, 0.2) is 0 Å². The van der Waals surface area contributed by atoms with Gasteiger partial charge < -0.3 is 10.4 Å². The molecule has 134 valence electrons. The number of aromatic nitrogens is 2. The topological polar surface area (TPSA) is 70.4 Å². The fraction of sp³-hybridized carbons (Fsp3) is 0.750. The van der Waals surface area contributed by atoms with E-state index in [0.717, 1.165) is 5.56 Å². The highest BCUT2D eigenvalue weighted by Crippen LogP contribution is 2.40. The van der Waals surface area contributed by atoms with Crippen molar-refractivity contribution in [1.82, 2.24) is 20.0 Å². The first-order valence-corrected chi connectivity index (χ1v) is 8.32. The zero-order valence-corrected chi connectivity index (χ0v) is 13.8. The number of likely N-dealkylation sites (tertiary alicyclic amines) is 1. The lowest BCUT2D eigenvalue weighted by atomic mass is 9.72. The summed E-state index contributed by atoms with van der Waals surface area (Å²) in [5.74, 6) is -0.600. The maximum absolute atomic E-state index is 13.8. The number of carbonyl (C=O) groups is 1. The number of aryl methyl sites for hydroxylation is 1. The van der Waals surface area contributed by atoms with E-state index in [4.69, 9.17) is 5.11 Å². The highest BCUT2D eigenvalue weighted by atomic mass is 19.1. The third-order valence-corrected chi connectivity index (χ3v) is 5.01. The Hall–Kier alpha value is -1.54. The lowest BCUT2D eigenvalue weighted by Gasteiger charge is -2.39. The number of nitrogens with zero attached hydrogens (tertiary/aromatic N) is 3. The van der Waals surface area contributed by atoms with Gasteiger partial charge >= 0.3 is 0 Å². The van der Waals surface area contributed by atoms with Crippen LogP contribution >= 0.6 is 0 Å². The Morgan fingerprint density at radius 1 is 1.54 bits per heavy atom. The number of aliphatic hydroxyl groups excluding tert-OH is 1. The molecule has 24 heavy (non-hydrogen) atoms. The standard InChI is InChI=1S/C16H24F2N4O2/c1-21-7-11(5-20-21)8-22-9-13(17)2-14(22)6-19-15(24)12-3-16(18,4-12)10-23/h5,7,12-14,23H,2-4,6,8-10H2,1H3,(H,19,24)/t12?,13-,14-,16?/m0/s1. The quantitative estimate of drug-likeness (QED) is 0.793. The van der Waals surface area contributed by atoms with Gasteiger partial charge in [-0.25, -0.2) is 8.78 Å². The summed E-state index contributed by atoms with van der Waals surface area (Å²) in [6.07, 6.45) is 3.25. The van der Waals surface area contributed by atoms with Gasteiger partial charge in [-0.1, -0.05) is 0 Å². The molecular formula is C16H24F2N4O2. The van der Waals surface area contributed by atoms with Crippen molar-refractivity contribution in [2.75, 3.05) is 19.7 Å². The number of aliphatic hydroxyl groups is 1. The Morgan fingerprint density at radius 2 is 2.29 bits per heavy atom. The van der Waals surface area contributed by atoms with E-state index in [0.29, 0.717) is 26.1 Å². The van der Waals surface area contributed by atoms with Crippen LogP contribution in [0.4, 0.5) is 8.78 Å². The molecule has 6 nitrogen and oxygen atoms in total. The van der Waals surface area contributed by atoms with E-state index in [2.05, 4.69) is 10.4 Å². The van der Waals surface area contributed by atoms with Crippen LogP contribution in [0.3, 0.4) is 0 Å². The summed E-state index contributed by atoms with van der Waals surface area (Å²) >= 11 is 0. The molecule has 2 aliphatic rings. The summed E-state index contributed by atoms with van der Waals surface area (Å²) in [7, 11) is 1.83. The molecule has 2 N–H and O–H groups in total. The summed E-state index contributed by atoms with van der Waals surface area (Å²) in [4.78, 5) is 14.1. The molecule has 8 heteroatoms. The molecule has 1 saturated carbocycles. The van der Waals surface area contributed by atoms with Crippen molar-refractivity contribution >= 4 is 5.91 Å². The minimum Gasteiger partial charge on any atom is -0.393 e. The van der Waals surface area contributed by atoms with Gasteiger partial charge in [-0.15, -0.1) is 0 Å². The van der Waals surface area contributed by atoms with Crippen LogP contribution < -0.4 is 5.32 Å². The molecule has 0 bridgehead atoms. The van der Waals surface area contributed by atoms with E-state index in [1.165, 1.54) is 0 Å². The molecule has 1 aromatic rings. The zero-order chi connectivity index (χ0) is 17.3. The molecule has 0 spiro atoms. The van der Waals surface area contributed by atoms with Crippen LogP contribution in [0, 0.1) is 5.92 Å². The molecular weight excluding hydrogens is 318 g/mol. The Labute approximate surface area is 139 Å². The van der Waals surface area contributed by atoms with Crippen molar-refractivity contribution in [3.8, 4) is 0 Å². The second-order valence-corrected chi connectivity index (χ2v) is 7.10. The van der Waals surface area contributed by atoms with Crippen molar-refractivity contribution in [2.45, 2.75) is 43.7 Å². The number of amides is 1. The number of hydrogen-bond donors (Lipinski definition) is 2. The van der Waals surface area contributed by atoms with Crippen molar-refractivity contribution in [3.63, 3.8) is 0 Å². The number of hydrogen-bond acceptors (Lipinski definition) is 4. The summed E-state index contributed by atoms with van der Waals surface area (Å²) < 4.78 is 29.1. The zero-order valence-electron chi connectivity index (χ0n) is 13.8. The van der Waals surface area contributed by atoms with Gasteiger partial charge in [0.25, 0.3) is 0 Å². The highest BCUT2D eigenvalue weighted by molar-refractivity contribution is 5.80. The van der Waals surface area contributed by atoms with E-state index in [1.54, 1.807) is 10.9 Å². The Kier molecular flexibility index (Phi) is 4.87. The van der Waals surface area contributed by atoms with Gasteiger partial charge in [-0.05, 0) is 19.3 Å². The van der Waals surface area contributed by atoms with E-state index >= 15 is 0 Å². The van der Waals surface area contributed by atoms with Crippen molar-refractivity contribution in [2.24, 2.45) is 13.0 Å². The maximum Gasteiger partial charge on any atom is 0.223 e. The first-order chi connectivity index (χ1) is 11.4. The fourth-order valence-electron chi connectivity index (χ4n) is 3.62. The van der Waals surface area contributed by atoms with Gasteiger partial charge in [0, 0.05) is 50.4 Å². The van der Waals surface area contributed by atoms with Gasteiger partial charge in [-0.3, -0.25) is 14.4 Å². The molecule has 3 rings (SSSR count). The molecule has 0 unspecified atom stereocenters. The first kappa shape index (κ1) is 17.3. The molecule has 1 aliphatic heterocycles. The van der Waals surface area contributed by atoms with E-state index in [1.807, 2.05) is 18.1 Å². The summed E-state index contributed by atoms with van der Waals surface area (Å²) in [5, 5.41) is 15.8. The SMILES string of the molecule is Cn1cc(CN2C[C@@H](F)C[C@H]2CNC(=O)C2CC(F)(CO)C2)cn1. The largest absolute Gasteiger partial charge is 0.393 e. The van der Waals surface area contributed by atoms with Gasteiger partial charge in [0.05, 0.1) is 12.8 Å². The van der Waals surface area contributed by atoms with Gasteiger partial charge in [-0.2, -0.15) is 5.10 Å². The fourth-order valence-corrected chi connectivity index (χ4v) is 3.62. The molecule has 2 fully saturated rings. The second kappa shape index (κ2) is 6.76. The maximum atomic E-state index is 13.8. The molecule has 2 heterocycles. The Morgan fingerprint density at radius 3 is 2.92 bits per heavy atom. The second-order valence-electron chi connectivity index (χ2n) is 7.10. The highest BCUT2D eigenvalue weighted by Gasteiger charge is 2.47. The summed E-state index contributed by atoms with van der Waals surface area (Å²) in [6.45, 7) is 0.754. The van der Waals surface area contributed by atoms with Crippen LogP contribution in [-0.2, 0) is 18.4 Å². The van der Waals surface area contributed by atoms with Crippen molar-refractivity contribution in [3.05, 3.63) is 18.0 Å². The molecule has 1 amide bonds. The molecule has 1 saturated heterocycles. The summed E-state index contributed by atoms with van der Waals surface area (Å²) in [5.41, 5.74) is -0.599. The predicted octanol–water partition coefficient (Wildman–Crippen LogP) is 0.559. The van der Waals surface area contributed by atoms with Crippen LogP contribution in [0.15, 0.2) is 12.4 Å². The van der Waals surface area contributed by atoms with Crippen LogP contribution in [0.25, 0.3) is 0 Å². The molecule has 2 atom stereocenters. The number of alkyl halides is 2. The van der Waals surface area contributed by atoms with Crippen molar-refractivity contribution in [1.29, 1.82) is 0 Å². The lowest BCUT2D eigenvalue weighted by molar-refractivity contribution is -0.136. The molecule has 0 aromatic carbocycles. The van der Waals surface area contributed by atoms with Crippen LogP contribution in [0.5, 0.6) is 0 Å². The van der Waals surface area contributed by atoms with Crippen LogP contribution in [-0.4, -0.2) is 63.3 Å². The van der Waals surface area contributed by atoms with E-state index < -0.39 is 24.4 Å². The monoisotopic (exact) mass is 342 g/mol. The number of nitrogens with one attached hydrogen (secondary N) is 1. The summed E-state index contributed by atoms with van der Waals surface area (Å²) in [6, 6.07) is -0.0720. The van der Waals surface area contributed by atoms with Crippen LogP contribution in [0.1, 0.15) is 24.8 Å². The average molecular weight is 342 g/mol. The van der Waals surface area contributed by atoms with Crippen LogP contribution in [0.2, 0.25) is 0 Å². The predicted molar refractivity (Wildman–Crippen MR) is 83.6 cm³/mol. The Balaban J connectivity index is 1.49. The third kappa shape index (κ3) is 3.75. The van der Waals surface area contributed by atoms with Gasteiger partial charge in [0.2, 0.25) is 5.91 Å². The molecule has 1 aliphatic carbocycles. The van der Waals surface area contributed by atoms with E-state index in [-0.39, 0.29) is 24.8 Å². The Bertz CT molecular complexity index is 588. The lowest BCUT2D eigenvalue weighted by Crippen LogP contribution is -2.51. The smallest absolute Gasteiger partial charge is 0.223 e. The number of halogens is 2.